The van der Waals surface area contributed by atoms with Crippen LogP contribution in [0.1, 0.15) is 19.5 Å². The highest BCUT2D eigenvalue weighted by molar-refractivity contribution is 6.17. The molecule has 2 nitrogen and oxygen atoms in total. The molecule has 1 aromatic carbocycles. The number of halogens is 1. The molecule has 0 aliphatic carbocycles. The van der Waals surface area contributed by atoms with E-state index in [0.29, 0.717) is 11.8 Å². The van der Waals surface area contributed by atoms with Crippen LogP contribution in [-0.4, -0.2) is 18.6 Å². The number of hydrogen-bond acceptors (Lipinski definition) is 2. The fourth-order valence-corrected chi connectivity index (χ4v) is 2.37. The van der Waals surface area contributed by atoms with Crippen molar-refractivity contribution in [1.29, 1.82) is 0 Å². The van der Waals surface area contributed by atoms with Crippen LogP contribution in [0.25, 0.3) is 10.8 Å². The van der Waals surface area contributed by atoms with Gasteiger partial charge in [0.25, 0.3) is 0 Å². The average Bonchev–Trinajstić information content (AvgIpc) is 2.36. The van der Waals surface area contributed by atoms with Crippen LogP contribution >= 0.6 is 11.6 Å². The summed E-state index contributed by atoms with van der Waals surface area (Å²) in [6.07, 6.45) is 0. The van der Waals surface area contributed by atoms with Gasteiger partial charge < -0.3 is 4.90 Å². The van der Waals surface area contributed by atoms with E-state index in [0.717, 1.165) is 18.1 Å². The normalized spacial score (nSPS) is 11.2. The number of anilines is 1. The molecule has 0 spiro atoms. The maximum atomic E-state index is 5.93. The predicted molar refractivity (Wildman–Crippen MR) is 79.4 cm³/mol. The number of alkyl halides is 1. The van der Waals surface area contributed by atoms with Crippen molar-refractivity contribution < 1.29 is 0 Å². The lowest BCUT2D eigenvalue weighted by Crippen LogP contribution is -2.24. The Morgan fingerprint density at radius 1 is 1.28 bits per heavy atom. The van der Waals surface area contributed by atoms with Gasteiger partial charge >= 0.3 is 0 Å². The summed E-state index contributed by atoms with van der Waals surface area (Å²) in [7, 11) is 2.09. The largest absolute Gasteiger partial charge is 0.359 e. The van der Waals surface area contributed by atoms with Crippen LogP contribution in [0.3, 0.4) is 0 Å². The molecule has 1 aromatic heterocycles. The minimum atomic E-state index is 0.452. The Hall–Kier alpha value is -1.28. The first kappa shape index (κ1) is 13.2. The van der Waals surface area contributed by atoms with Gasteiger partial charge in [0.2, 0.25) is 0 Å². The van der Waals surface area contributed by atoms with Crippen molar-refractivity contribution in [3.8, 4) is 0 Å². The van der Waals surface area contributed by atoms with Gasteiger partial charge in [-0.05, 0) is 17.4 Å². The predicted octanol–water partition coefficient (Wildman–Crippen LogP) is 4.07. The standard InChI is InChI=1S/C15H19ClN2/c1-11(2)10-18(3)15-14-7-5-4-6-12(14)8-13(9-16)17-15/h4-8,11H,9-10H2,1-3H3. The minimum Gasteiger partial charge on any atom is -0.359 e. The quantitative estimate of drug-likeness (QED) is 0.773. The Kier molecular flexibility index (Phi) is 4.07. The van der Waals surface area contributed by atoms with Crippen LogP contribution < -0.4 is 4.90 Å². The first-order valence-corrected chi connectivity index (χ1v) is 6.81. The Morgan fingerprint density at radius 2 is 2.00 bits per heavy atom. The van der Waals surface area contributed by atoms with E-state index in [1.165, 1.54) is 10.8 Å². The van der Waals surface area contributed by atoms with Crippen LogP contribution in [0.4, 0.5) is 5.82 Å². The third-order valence-corrected chi connectivity index (χ3v) is 3.18. The molecule has 0 saturated carbocycles. The maximum Gasteiger partial charge on any atom is 0.136 e. The van der Waals surface area contributed by atoms with Crippen molar-refractivity contribution >= 4 is 28.2 Å². The Labute approximate surface area is 114 Å². The second kappa shape index (κ2) is 5.57. The molecule has 0 unspecified atom stereocenters. The van der Waals surface area contributed by atoms with Gasteiger partial charge in [0, 0.05) is 19.0 Å². The van der Waals surface area contributed by atoms with Gasteiger partial charge in [0.1, 0.15) is 5.82 Å². The maximum absolute atomic E-state index is 5.93. The first-order valence-electron chi connectivity index (χ1n) is 6.27. The minimum absolute atomic E-state index is 0.452. The van der Waals surface area contributed by atoms with Crippen molar-refractivity contribution in [1.82, 2.24) is 4.98 Å². The molecule has 0 fully saturated rings. The molecule has 0 amide bonds. The Balaban J connectivity index is 2.53. The van der Waals surface area contributed by atoms with E-state index in [9.17, 15) is 0 Å². The van der Waals surface area contributed by atoms with Gasteiger partial charge in [-0.25, -0.2) is 4.98 Å². The fraction of sp³-hybridized carbons (Fsp3) is 0.400. The number of pyridine rings is 1. The molecule has 0 radical (unpaired) electrons. The first-order chi connectivity index (χ1) is 8.61. The van der Waals surface area contributed by atoms with Gasteiger partial charge in [-0.2, -0.15) is 0 Å². The summed E-state index contributed by atoms with van der Waals surface area (Å²) < 4.78 is 0. The summed E-state index contributed by atoms with van der Waals surface area (Å²) in [4.78, 5) is 6.88. The summed E-state index contributed by atoms with van der Waals surface area (Å²) in [5, 5.41) is 2.39. The second-order valence-corrected chi connectivity index (χ2v) is 5.33. The molecular weight excluding hydrogens is 244 g/mol. The van der Waals surface area contributed by atoms with E-state index >= 15 is 0 Å². The number of fused-ring (bicyclic) bond motifs is 1. The smallest absolute Gasteiger partial charge is 0.136 e. The number of aromatic nitrogens is 1. The number of rotatable bonds is 4. The average molecular weight is 263 g/mol. The zero-order valence-corrected chi connectivity index (χ0v) is 11.9. The highest BCUT2D eigenvalue weighted by Crippen LogP contribution is 2.26. The molecular formula is C15H19ClN2. The van der Waals surface area contributed by atoms with Gasteiger partial charge in [-0.15, -0.1) is 11.6 Å². The third kappa shape index (κ3) is 2.75. The van der Waals surface area contributed by atoms with Gasteiger partial charge in [0.05, 0.1) is 11.6 Å². The van der Waals surface area contributed by atoms with Crippen molar-refractivity contribution in [2.75, 3.05) is 18.5 Å². The van der Waals surface area contributed by atoms with Gasteiger partial charge in [-0.3, -0.25) is 0 Å². The number of hydrogen-bond donors (Lipinski definition) is 0. The molecule has 0 aliphatic rings. The highest BCUT2D eigenvalue weighted by atomic mass is 35.5. The molecule has 0 N–H and O–H groups in total. The van der Waals surface area contributed by atoms with Crippen LogP contribution in [0, 0.1) is 5.92 Å². The summed E-state index contributed by atoms with van der Waals surface area (Å²) in [6.45, 7) is 5.41. The van der Waals surface area contributed by atoms with E-state index in [-0.39, 0.29) is 0 Å². The van der Waals surface area contributed by atoms with Crippen LogP contribution in [0.5, 0.6) is 0 Å². The van der Waals surface area contributed by atoms with Crippen molar-refractivity contribution in [2.24, 2.45) is 5.92 Å². The zero-order valence-electron chi connectivity index (χ0n) is 11.2. The van der Waals surface area contributed by atoms with Crippen LogP contribution in [0.2, 0.25) is 0 Å². The lowest BCUT2D eigenvalue weighted by atomic mass is 10.1. The van der Waals surface area contributed by atoms with Crippen molar-refractivity contribution in [2.45, 2.75) is 19.7 Å². The molecule has 0 saturated heterocycles. The van der Waals surface area contributed by atoms with Crippen molar-refractivity contribution in [3.63, 3.8) is 0 Å². The third-order valence-electron chi connectivity index (χ3n) is 2.91. The van der Waals surface area contributed by atoms with Gasteiger partial charge in [-0.1, -0.05) is 38.1 Å². The molecule has 2 aromatic rings. The lowest BCUT2D eigenvalue weighted by Gasteiger charge is -2.22. The fourth-order valence-electron chi connectivity index (χ4n) is 2.23. The molecule has 18 heavy (non-hydrogen) atoms. The number of nitrogens with zero attached hydrogens (tertiary/aromatic N) is 2. The van der Waals surface area contributed by atoms with Gasteiger partial charge in [0.15, 0.2) is 0 Å². The van der Waals surface area contributed by atoms with E-state index < -0.39 is 0 Å². The Morgan fingerprint density at radius 3 is 2.67 bits per heavy atom. The summed E-state index contributed by atoms with van der Waals surface area (Å²) in [5.74, 6) is 2.08. The van der Waals surface area contributed by atoms with E-state index in [1.807, 2.05) is 6.07 Å². The molecule has 96 valence electrons. The Bertz CT molecular complexity index is 537. The molecule has 0 atom stereocenters. The molecule has 3 heteroatoms. The molecule has 0 aliphatic heterocycles. The molecule has 1 heterocycles. The number of benzene rings is 1. The zero-order chi connectivity index (χ0) is 13.1. The topological polar surface area (TPSA) is 16.1 Å². The SMILES string of the molecule is CC(C)CN(C)c1nc(CCl)cc2ccccc12. The second-order valence-electron chi connectivity index (χ2n) is 5.07. The summed E-state index contributed by atoms with van der Waals surface area (Å²) >= 11 is 5.93. The van der Waals surface area contributed by atoms with E-state index in [1.54, 1.807) is 0 Å². The molecule has 2 rings (SSSR count). The van der Waals surface area contributed by atoms with E-state index in [4.69, 9.17) is 11.6 Å². The lowest BCUT2D eigenvalue weighted by molar-refractivity contribution is 0.635. The monoisotopic (exact) mass is 262 g/mol. The van der Waals surface area contributed by atoms with Crippen molar-refractivity contribution in [3.05, 3.63) is 36.0 Å². The molecule has 0 bridgehead atoms. The summed E-state index contributed by atoms with van der Waals surface area (Å²) in [6, 6.07) is 10.4. The van der Waals surface area contributed by atoms with Crippen LogP contribution in [0.15, 0.2) is 30.3 Å². The highest BCUT2D eigenvalue weighted by Gasteiger charge is 2.10. The summed E-state index contributed by atoms with van der Waals surface area (Å²) in [5.41, 5.74) is 0.931. The van der Waals surface area contributed by atoms with Crippen LogP contribution in [-0.2, 0) is 5.88 Å². The van der Waals surface area contributed by atoms with E-state index in [2.05, 4.69) is 55.0 Å².